The van der Waals surface area contributed by atoms with Gasteiger partial charge >= 0.3 is 5.97 Å². The van der Waals surface area contributed by atoms with Crippen LogP contribution in [-0.4, -0.2) is 17.0 Å². The molecule has 0 aliphatic rings. The number of hydrogen-bond donors (Lipinski definition) is 2. The van der Waals surface area contributed by atoms with E-state index >= 15 is 0 Å². The molecule has 0 atom stereocenters. The molecule has 0 saturated heterocycles. The van der Waals surface area contributed by atoms with E-state index in [1.165, 1.54) is 30.3 Å². The number of carbonyl (C=O) groups excluding carboxylic acids is 1. The van der Waals surface area contributed by atoms with Crippen LogP contribution in [0, 0.1) is 12.7 Å². The normalized spacial score (nSPS) is 10.2. The van der Waals surface area contributed by atoms with Crippen molar-refractivity contribution in [1.82, 2.24) is 0 Å². The molecule has 1 amide bonds. The fourth-order valence-electron chi connectivity index (χ4n) is 1.49. The third-order valence-corrected chi connectivity index (χ3v) is 3.53. The lowest BCUT2D eigenvalue weighted by Crippen LogP contribution is -2.10. The summed E-state index contributed by atoms with van der Waals surface area (Å²) in [4.78, 5) is 23.0. The number of thiophene rings is 1. The van der Waals surface area contributed by atoms with E-state index in [1.54, 1.807) is 6.92 Å². The molecule has 19 heavy (non-hydrogen) atoms. The number of benzene rings is 1. The number of aryl methyl sites for hydroxylation is 1. The van der Waals surface area contributed by atoms with Crippen LogP contribution in [0.1, 0.15) is 24.9 Å². The number of aromatic carboxylic acids is 1. The fraction of sp³-hybridized carbons (Fsp3) is 0.0769. The Morgan fingerprint density at radius 1 is 1.21 bits per heavy atom. The lowest BCUT2D eigenvalue weighted by Gasteiger charge is -2.05. The number of amides is 1. The van der Waals surface area contributed by atoms with E-state index in [0.717, 1.165) is 11.3 Å². The summed E-state index contributed by atoms with van der Waals surface area (Å²) < 4.78 is 13.1. The second-order valence-corrected chi connectivity index (χ2v) is 4.97. The standard InChI is InChI=1S/C13H10FNO3S/c1-7-6-8(2-3-9(7)14)15-12(16)10-4-5-11(19-10)13(17)18/h2-6H,1H3,(H,15,16)(H,17,18). The molecule has 2 N–H and O–H groups in total. The molecule has 1 aromatic heterocycles. The number of hydrogen-bond acceptors (Lipinski definition) is 3. The molecule has 98 valence electrons. The Balaban J connectivity index is 2.15. The van der Waals surface area contributed by atoms with Crippen molar-refractivity contribution in [2.24, 2.45) is 0 Å². The fourth-order valence-corrected chi connectivity index (χ4v) is 2.23. The molecular weight excluding hydrogens is 269 g/mol. The molecule has 0 aliphatic heterocycles. The summed E-state index contributed by atoms with van der Waals surface area (Å²) in [5.74, 6) is -1.83. The van der Waals surface area contributed by atoms with E-state index in [2.05, 4.69) is 5.32 Å². The molecular formula is C13H10FNO3S. The summed E-state index contributed by atoms with van der Waals surface area (Å²) in [5.41, 5.74) is 0.893. The van der Waals surface area contributed by atoms with Crippen LogP contribution >= 0.6 is 11.3 Å². The van der Waals surface area contributed by atoms with E-state index in [1.807, 2.05) is 0 Å². The van der Waals surface area contributed by atoms with Gasteiger partial charge in [0, 0.05) is 5.69 Å². The average Bonchev–Trinajstić information content (AvgIpc) is 2.83. The average molecular weight is 279 g/mol. The van der Waals surface area contributed by atoms with Gasteiger partial charge in [-0.15, -0.1) is 11.3 Å². The van der Waals surface area contributed by atoms with Crippen molar-refractivity contribution in [3.8, 4) is 0 Å². The van der Waals surface area contributed by atoms with Crippen molar-refractivity contribution >= 4 is 28.9 Å². The number of rotatable bonds is 3. The van der Waals surface area contributed by atoms with Gasteiger partial charge in [-0.2, -0.15) is 0 Å². The van der Waals surface area contributed by atoms with E-state index in [0.29, 0.717) is 16.1 Å². The third-order valence-electron chi connectivity index (χ3n) is 2.46. The van der Waals surface area contributed by atoms with Gasteiger partial charge in [0.25, 0.3) is 5.91 Å². The highest BCUT2D eigenvalue weighted by molar-refractivity contribution is 7.15. The maximum absolute atomic E-state index is 13.1. The van der Waals surface area contributed by atoms with E-state index < -0.39 is 11.9 Å². The Bertz CT molecular complexity index is 651. The molecule has 1 aromatic carbocycles. The minimum Gasteiger partial charge on any atom is -0.477 e. The number of carboxylic acid groups (broad SMARTS) is 1. The number of carboxylic acids is 1. The summed E-state index contributed by atoms with van der Waals surface area (Å²) in [5, 5.41) is 11.4. The minimum absolute atomic E-state index is 0.0976. The third kappa shape index (κ3) is 2.97. The van der Waals surface area contributed by atoms with Crippen molar-refractivity contribution in [3.05, 3.63) is 51.5 Å². The quantitative estimate of drug-likeness (QED) is 0.907. The van der Waals surface area contributed by atoms with Crippen molar-refractivity contribution in [2.45, 2.75) is 6.92 Å². The number of halogens is 1. The summed E-state index contributed by atoms with van der Waals surface area (Å²) >= 11 is 0.890. The summed E-state index contributed by atoms with van der Waals surface area (Å²) in [6.07, 6.45) is 0. The van der Waals surface area contributed by atoms with Crippen LogP contribution in [0.3, 0.4) is 0 Å². The number of carbonyl (C=O) groups is 2. The molecule has 0 radical (unpaired) electrons. The first kappa shape index (κ1) is 13.2. The van der Waals surface area contributed by atoms with E-state index in [-0.39, 0.29) is 10.7 Å². The van der Waals surface area contributed by atoms with Crippen LogP contribution in [0.25, 0.3) is 0 Å². The van der Waals surface area contributed by atoms with Gasteiger partial charge in [-0.1, -0.05) is 0 Å². The highest BCUT2D eigenvalue weighted by Gasteiger charge is 2.13. The van der Waals surface area contributed by atoms with Crippen LogP contribution in [0.2, 0.25) is 0 Å². The molecule has 2 rings (SSSR count). The maximum atomic E-state index is 13.1. The molecule has 2 aromatic rings. The zero-order chi connectivity index (χ0) is 14.0. The van der Waals surface area contributed by atoms with Gasteiger partial charge < -0.3 is 10.4 Å². The Hall–Kier alpha value is -2.21. The van der Waals surface area contributed by atoms with Crippen molar-refractivity contribution < 1.29 is 19.1 Å². The smallest absolute Gasteiger partial charge is 0.345 e. The van der Waals surface area contributed by atoms with Crippen LogP contribution < -0.4 is 5.32 Å². The van der Waals surface area contributed by atoms with Gasteiger partial charge in [0.2, 0.25) is 0 Å². The topological polar surface area (TPSA) is 66.4 Å². The lowest BCUT2D eigenvalue weighted by molar-refractivity contribution is 0.0702. The summed E-state index contributed by atoms with van der Waals surface area (Å²) in [6.45, 7) is 1.60. The Morgan fingerprint density at radius 2 is 1.89 bits per heavy atom. The van der Waals surface area contributed by atoms with Crippen molar-refractivity contribution in [2.75, 3.05) is 5.32 Å². The molecule has 0 fully saturated rings. The van der Waals surface area contributed by atoms with Crippen LogP contribution in [0.4, 0.5) is 10.1 Å². The van der Waals surface area contributed by atoms with Crippen molar-refractivity contribution in [1.29, 1.82) is 0 Å². The minimum atomic E-state index is -1.07. The first-order valence-corrected chi connectivity index (χ1v) is 6.19. The largest absolute Gasteiger partial charge is 0.477 e. The molecule has 0 spiro atoms. The van der Waals surface area contributed by atoms with Gasteiger partial charge in [0.05, 0.1) is 4.88 Å². The molecule has 6 heteroatoms. The van der Waals surface area contributed by atoms with Gasteiger partial charge in [0.1, 0.15) is 10.7 Å². The highest BCUT2D eigenvalue weighted by atomic mass is 32.1. The first-order valence-electron chi connectivity index (χ1n) is 5.38. The van der Waals surface area contributed by atoms with Gasteiger partial charge in [0.15, 0.2) is 0 Å². The monoisotopic (exact) mass is 279 g/mol. The zero-order valence-corrected chi connectivity index (χ0v) is 10.8. The molecule has 0 unspecified atom stereocenters. The van der Waals surface area contributed by atoms with E-state index in [4.69, 9.17) is 5.11 Å². The number of nitrogens with one attached hydrogen (secondary N) is 1. The molecule has 4 nitrogen and oxygen atoms in total. The van der Waals surface area contributed by atoms with Crippen LogP contribution in [0.5, 0.6) is 0 Å². The van der Waals surface area contributed by atoms with Crippen LogP contribution in [-0.2, 0) is 0 Å². The van der Waals surface area contributed by atoms with Gasteiger partial charge in [-0.3, -0.25) is 4.79 Å². The molecule has 0 bridgehead atoms. The maximum Gasteiger partial charge on any atom is 0.345 e. The van der Waals surface area contributed by atoms with Gasteiger partial charge in [-0.25, -0.2) is 9.18 Å². The van der Waals surface area contributed by atoms with Crippen molar-refractivity contribution in [3.63, 3.8) is 0 Å². The predicted octanol–water partition coefficient (Wildman–Crippen LogP) is 3.15. The first-order chi connectivity index (χ1) is 8.97. The van der Waals surface area contributed by atoms with E-state index in [9.17, 15) is 14.0 Å². The Labute approximate surface area is 112 Å². The van der Waals surface area contributed by atoms with Gasteiger partial charge in [-0.05, 0) is 42.8 Å². The SMILES string of the molecule is Cc1cc(NC(=O)c2ccc(C(=O)O)s2)ccc1F. The predicted molar refractivity (Wildman–Crippen MR) is 70.4 cm³/mol. The Kier molecular flexibility index (Phi) is 3.62. The second-order valence-electron chi connectivity index (χ2n) is 3.89. The highest BCUT2D eigenvalue weighted by Crippen LogP contribution is 2.19. The second kappa shape index (κ2) is 5.19. The zero-order valence-electron chi connectivity index (χ0n) is 9.94. The summed E-state index contributed by atoms with van der Waals surface area (Å²) in [7, 11) is 0. The molecule has 0 aliphatic carbocycles. The molecule has 1 heterocycles. The summed E-state index contributed by atoms with van der Waals surface area (Å²) in [6, 6.07) is 7.05. The number of anilines is 1. The lowest BCUT2D eigenvalue weighted by atomic mass is 10.2. The van der Waals surface area contributed by atoms with Crippen LogP contribution in [0.15, 0.2) is 30.3 Å². The molecule has 0 saturated carbocycles. The Morgan fingerprint density at radius 3 is 2.47 bits per heavy atom.